The summed E-state index contributed by atoms with van der Waals surface area (Å²) in [6, 6.07) is 0.430. The Labute approximate surface area is 140 Å². The molecule has 6 nitrogen and oxygen atoms in total. The third kappa shape index (κ3) is 6.36. The second-order valence-corrected chi connectivity index (χ2v) is 8.37. The highest BCUT2D eigenvalue weighted by molar-refractivity contribution is 8.76. The van der Waals surface area contributed by atoms with Gasteiger partial charge >= 0.3 is 0 Å². The summed E-state index contributed by atoms with van der Waals surface area (Å²) >= 11 is 0. The van der Waals surface area contributed by atoms with Crippen molar-refractivity contribution in [1.82, 2.24) is 21.3 Å². The summed E-state index contributed by atoms with van der Waals surface area (Å²) in [6.45, 7) is 0. The van der Waals surface area contributed by atoms with Crippen molar-refractivity contribution in [3.8, 4) is 0 Å². The summed E-state index contributed by atoms with van der Waals surface area (Å²) in [5, 5.41) is 12.1. The van der Waals surface area contributed by atoms with E-state index in [0.717, 1.165) is 25.7 Å². The SMILES string of the molecule is CN[C@@H](CSSC[C@H](NC)C(=O)NC1CC1)C(=O)NC1CC1. The highest BCUT2D eigenvalue weighted by Crippen LogP contribution is 2.24. The summed E-state index contributed by atoms with van der Waals surface area (Å²) in [7, 11) is 6.88. The molecule has 2 amide bonds. The van der Waals surface area contributed by atoms with Gasteiger partial charge in [-0.05, 0) is 39.8 Å². The van der Waals surface area contributed by atoms with Crippen LogP contribution < -0.4 is 21.3 Å². The van der Waals surface area contributed by atoms with Crippen LogP contribution in [0.3, 0.4) is 0 Å². The fraction of sp³-hybridized carbons (Fsp3) is 0.857. The van der Waals surface area contributed by atoms with E-state index >= 15 is 0 Å². The molecule has 8 heteroatoms. The van der Waals surface area contributed by atoms with E-state index in [1.165, 1.54) is 0 Å². The lowest BCUT2D eigenvalue weighted by molar-refractivity contribution is -0.123. The summed E-state index contributed by atoms with van der Waals surface area (Å²) in [4.78, 5) is 23.9. The maximum Gasteiger partial charge on any atom is 0.238 e. The van der Waals surface area contributed by atoms with Crippen LogP contribution in [-0.2, 0) is 9.59 Å². The molecule has 2 saturated carbocycles. The Morgan fingerprint density at radius 2 is 1.23 bits per heavy atom. The van der Waals surface area contributed by atoms with E-state index in [2.05, 4.69) is 21.3 Å². The first-order chi connectivity index (χ1) is 10.6. The van der Waals surface area contributed by atoms with Crippen molar-refractivity contribution < 1.29 is 9.59 Å². The minimum atomic E-state index is -0.175. The molecule has 0 unspecified atom stereocenters. The number of hydrogen-bond donors (Lipinski definition) is 4. The highest BCUT2D eigenvalue weighted by atomic mass is 33.1. The van der Waals surface area contributed by atoms with Crippen LogP contribution in [0.2, 0.25) is 0 Å². The second kappa shape index (κ2) is 9.00. The van der Waals surface area contributed by atoms with Crippen LogP contribution in [0.15, 0.2) is 0 Å². The lowest BCUT2D eigenvalue weighted by atomic mass is 10.3. The van der Waals surface area contributed by atoms with Crippen LogP contribution in [-0.4, -0.2) is 61.6 Å². The van der Waals surface area contributed by atoms with Gasteiger partial charge in [-0.2, -0.15) is 0 Å². The van der Waals surface area contributed by atoms with Crippen LogP contribution in [0.25, 0.3) is 0 Å². The molecular formula is C14H26N4O2S2. The molecule has 4 N–H and O–H groups in total. The summed E-state index contributed by atoms with van der Waals surface area (Å²) < 4.78 is 0. The van der Waals surface area contributed by atoms with E-state index in [1.54, 1.807) is 21.6 Å². The molecule has 0 heterocycles. The zero-order valence-electron chi connectivity index (χ0n) is 13.2. The standard InChI is InChI=1S/C14H26N4O2S2/c1-15-11(13(19)17-9-3-4-9)7-21-22-8-12(16-2)14(20)18-10-5-6-10/h9-12,15-16H,3-8H2,1-2H3,(H,17,19)(H,18,20)/t11-,12-/m0/s1. The molecule has 0 aromatic heterocycles. The monoisotopic (exact) mass is 346 g/mol. The van der Waals surface area contributed by atoms with Crippen molar-refractivity contribution in [1.29, 1.82) is 0 Å². The Morgan fingerprint density at radius 1 is 0.864 bits per heavy atom. The third-order valence-corrected chi connectivity index (χ3v) is 6.15. The number of nitrogens with one attached hydrogen (secondary N) is 4. The average molecular weight is 347 g/mol. The molecule has 0 spiro atoms. The molecule has 0 radical (unpaired) electrons. The fourth-order valence-electron chi connectivity index (χ4n) is 1.87. The summed E-state index contributed by atoms with van der Waals surface area (Å²) in [5.41, 5.74) is 0. The van der Waals surface area contributed by atoms with Gasteiger partial charge < -0.3 is 21.3 Å². The summed E-state index contributed by atoms with van der Waals surface area (Å²) in [6.07, 6.45) is 4.40. The molecule has 0 bridgehead atoms. The number of likely N-dealkylation sites (N-methyl/N-ethyl adjacent to an activating group) is 2. The predicted molar refractivity (Wildman–Crippen MR) is 92.9 cm³/mol. The van der Waals surface area contributed by atoms with Crippen molar-refractivity contribution >= 4 is 33.4 Å². The van der Waals surface area contributed by atoms with Crippen LogP contribution in [0.1, 0.15) is 25.7 Å². The lowest BCUT2D eigenvalue weighted by Gasteiger charge is -2.17. The highest BCUT2D eigenvalue weighted by Gasteiger charge is 2.28. The smallest absolute Gasteiger partial charge is 0.238 e. The first-order valence-electron chi connectivity index (χ1n) is 7.83. The molecule has 0 aliphatic heterocycles. The van der Waals surface area contributed by atoms with E-state index in [4.69, 9.17) is 0 Å². The number of hydrogen-bond acceptors (Lipinski definition) is 6. The Bertz CT molecular complexity index is 353. The van der Waals surface area contributed by atoms with Gasteiger partial charge in [0.25, 0.3) is 0 Å². The molecule has 2 aliphatic rings. The van der Waals surface area contributed by atoms with E-state index in [-0.39, 0.29) is 23.9 Å². The maximum absolute atomic E-state index is 12.0. The summed E-state index contributed by atoms with van der Waals surface area (Å²) in [5.74, 6) is 1.55. The van der Waals surface area contributed by atoms with Crippen molar-refractivity contribution in [2.45, 2.75) is 49.9 Å². The van der Waals surface area contributed by atoms with Crippen molar-refractivity contribution in [3.63, 3.8) is 0 Å². The first kappa shape index (κ1) is 17.9. The number of carbonyl (C=O) groups excluding carboxylic acids is 2. The minimum absolute atomic E-state index is 0.0785. The van der Waals surface area contributed by atoms with Crippen LogP contribution in [0, 0.1) is 0 Å². The zero-order valence-corrected chi connectivity index (χ0v) is 14.8. The van der Waals surface area contributed by atoms with E-state index in [9.17, 15) is 9.59 Å². The van der Waals surface area contributed by atoms with Crippen molar-refractivity contribution in [3.05, 3.63) is 0 Å². The fourth-order valence-corrected chi connectivity index (χ4v) is 4.37. The van der Waals surface area contributed by atoms with Crippen LogP contribution in [0.4, 0.5) is 0 Å². The second-order valence-electron chi connectivity index (χ2n) is 5.82. The van der Waals surface area contributed by atoms with E-state index in [1.807, 2.05) is 14.1 Å². The molecule has 126 valence electrons. The van der Waals surface area contributed by atoms with Gasteiger partial charge in [-0.1, -0.05) is 21.6 Å². The molecule has 2 rings (SSSR count). The minimum Gasteiger partial charge on any atom is -0.352 e. The molecule has 0 saturated heterocycles. The Hall–Kier alpha value is -0.440. The molecule has 0 aromatic rings. The molecular weight excluding hydrogens is 320 g/mol. The number of rotatable bonds is 11. The zero-order chi connectivity index (χ0) is 15.9. The quantitative estimate of drug-likeness (QED) is 0.314. The average Bonchev–Trinajstić information content (AvgIpc) is 3.39. The Balaban J connectivity index is 1.60. The molecule has 0 aromatic carbocycles. The van der Waals surface area contributed by atoms with Crippen LogP contribution >= 0.6 is 21.6 Å². The van der Waals surface area contributed by atoms with Gasteiger partial charge in [-0.3, -0.25) is 9.59 Å². The molecule has 2 atom stereocenters. The Kier molecular flexibility index (Phi) is 7.33. The number of amides is 2. The van der Waals surface area contributed by atoms with Gasteiger partial charge in [0.15, 0.2) is 0 Å². The molecule has 2 aliphatic carbocycles. The number of carbonyl (C=O) groups is 2. The van der Waals surface area contributed by atoms with Crippen molar-refractivity contribution in [2.75, 3.05) is 25.6 Å². The molecule has 22 heavy (non-hydrogen) atoms. The van der Waals surface area contributed by atoms with Crippen molar-refractivity contribution in [2.24, 2.45) is 0 Å². The largest absolute Gasteiger partial charge is 0.352 e. The van der Waals surface area contributed by atoms with Gasteiger partial charge in [0.1, 0.15) is 0 Å². The van der Waals surface area contributed by atoms with E-state index in [0.29, 0.717) is 23.6 Å². The lowest BCUT2D eigenvalue weighted by Crippen LogP contribution is -2.45. The van der Waals surface area contributed by atoms with Crippen LogP contribution in [0.5, 0.6) is 0 Å². The normalized spacial score (nSPS) is 20.3. The van der Waals surface area contributed by atoms with Gasteiger partial charge in [0, 0.05) is 23.6 Å². The van der Waals surface area contributed by atoms with Gasteiger partial charge in [0.2, 0.25) is 11.8 Å². The van der Waals surface area contributed by atoms with Gasteiger partial charge in [0.05, 0.1) is 12.1 Å². The first-order valence-corrected chi connectivity index (χ1v) is 10.3. The van der Waals surface area contributed by atoms with Gasteiger partial charge in [-0.15, -0.1) is 0 Å². The topological polar surface area (TPSA) is 82.3 Å². The Morgan fingerprint density at radius 3 is 1.50 bits per heavy atom. The third-order valence-electron chi connectivity index (χ3n) is 3.73. The predicted octanol–water partition coefficient (Wildman–Crippen LogP) is 0.101. The van der Waals surface area contributed by atoms with E-state index < -0.39 is 0 Å². The molecule has 2 fully saturated rings. The maximum atomic E-state index is 12.0. The van der Waals surface area contributed by atoms with Gasteiger partial charge in [-0.25, -0.2) is 0 Å².